The van der Waals surface area contributed by atoms with Crippen LogP contribution in [0.15, 0.2) is 225 Å². The summed E-state index contributed by atoms with van der Waals surface area (Å²) >= 11 is 58.9. The summed E-state index contributed by atoms with van der Waals surface area (Å²) in [5.41, 5.74) is 12.3. The van der Waals surface area contributed by atoms with Crippen LogP contribution in [0.3, 0.4) is 0 Å². The van der Waals surface area contributed by atoms with Gasteiger partial charge < -0.3 is 66.9 Å². The number of aromatic nitrogens is 4. The van der Waals surface area contributed by atoms with Crippen molar-refractivity contribution in [2.45, 2.75) is 75.5 Å². The minimum atomic E-state index is 0.329. The SMILES string of the molecule is COc1ccc(NC(=S)NC2CCN(c3ccnc4ccc(Cl)cc34)CC2)cc1.S=C(Nc1cccc(Cl)c1)NC1CCN(c2ccnc3ccc(Cl)cc23)CC1.S=C(Nc1ccccc1)NC1CCN(c2ccnc3ccc(Cl)cc23)CC1.S=C(Nc1ccccc1Cl)NC1CCN(c2ccnc3ccc(Cl)cc23)CC1. The van der Waals surface area contributed by atoms with Gasteiger partial charge >= 0.3 is 0 Å². The van der Waals surface area contributed by atoms with Gasteiger partial charge in [0, 0.05) is 188 Å². The molecule has 8 heterocycles. The lowest BCUT2D eigenvalue weighted by Gasteiger charge is -2.35. The number of hydrogen-bond donors (Lipinski definition) is 8. The molecule has 0 amide bonds. The zero-order valence-electron chi connectivity index (χ0n) is 61.4. The van der Waals surface area contributed by atoms with Crippen LogP contribution in [0.4, 0.5) is 45.5 Å². The minimum absolute atomic E-state index is 0.329. The first-order chi connectivity index (χ1) is 54.5. The molecule has 17 nitrogen and oxygen atoms in total. The number of thiocarbonyl (C=S) groups is 4. The van der Waals surface area contributed by atoms with E-state index in [1.165, 1.54) is 22.7 Å². The minimum Gasteiger partial charge on any atom is -0.497 e. The zero-order chi connectivity index (χ0) is 77.9. The smallest absolute Gasteiger partial charge is 0.171 e. The summed E-state index contributed by atoms with van der Waals surface area (Å²) in [6, 6.07) is 65.9. The second-order valence-electron chi connectivity index (χ2n) is 27.5. The lowest BCUT2D eigenvalue weighted by molar-refractivity contribution is 0.415. The van der Waals surface area contributed by atoms with E-state index in [4.69, 9.17) is 123 Å². The number of ether oxygens (including phenoxy) is 1. The van der Waals surface area contributed by atoms with Crippen molar-refractivity contribution in [1.82, 2.24) is 41.2 Å². The number of pyridine rings is 4. The van der Waals surface area contributed by atoms with Gasteiger partial charge in [0.1, 0.15) is 5.75 Å². The number of para-hydroxylation sites is 2. The van der Waals surface area contributed by atoms with Crippen molar-refractivity contribution in [2.24, 2.45) is 0 Å². The molecule has 4 aliphatic rings. The fourth-order valence-corrected chi connectivity index (χ4v) is 16.5. The molecule has 0 bridgehead atoms. The molecule has 576 valence electrons. The average Bonchev–Trinajstić information content (AvgIpc) is 0.813. The van der Waals surface area contributed by atoms with E-state index in [1.54, 1.807) is 7.11 Å². The number of nitrogens with zero attached hydrogens (tertiary/aromatic N) is 8. The molecule has 4 fully saturated rings. The van der Waals surface area contributed by atoms with Crippen molar-refractivity contribution >= 4 is 228 Å². The summed E-state index contributed by atoms with van der Waals surface area (Å²) in [4.78, 5) is 27.4. The third kappa shape index (κ3) is 22.4. The summed E-state index contributed by atoms with van der Waals surface area (Å²) < 4.78 is 5.18. The predicted octanol–water partition coefficient (Wildman–Crippen LogP) is 20.7. The molecule has 4 aromatic heterocycles. The van der Waals surface area contributed by atoms with Gasteiger partial charge in [0.25, 0.3) is 0 Å². The molecule has 0 radical (unpaired) electrons. The van der Waals surface area contributed by atoms with Gasteiger partial charge in [-0.25, -0.2) is 0 Å². The molecule has 112 heavy (non-hydrogen) atoms. The van der Waals surface area contributed by atoms with Crippen LogP contribution in [-0.2, 0) is 0 Å². The van der Waals surface area contributed by atoms with E-state index in [0.717, 1.165) is 196 Å². The normalized spacial score (nSPS) is 14.8. The number of methoxy groups -OCH3 is 1. The van der Waals surface area contributed by atoms with Gasteiger partial charge in [0.05, 0.1) is 39.9 Å². The van der Waals surface area contributed by atoms with Crippen LogP contribution < -0.4 is 66.9 Å². The van der Waals surface area contributed by atoms with Gasteiger partial charge in [-0.1, -0.05) is 106 Å². The largest absolute Gasteiger partial charge is 0.497 e. The Morgan fingerprint density at radius 1 is 0.321 bits per heavy atom. The maximum Gasteiger partial charge on any atom is 0.171 e. The van der Waals surface area contributed by atoms with Crippen LogP contribution in [0.2, 0.25) is 30.1 Å². The fourth-order valence-electron chi connectivity index (χ4n) is 14.3. The van der Waals surface area contributed by atoms with Crippen molar-refractivity contribution in [3.63, 3.8) is 0 Å². The number of rotatable bonds is 13. The highest BCUT2D eigenvalue weighted by molar-refractivity contribution is 7.81. The first-order valence-electron chi connectivity index (χ1n) is 37.2. The van der Waals surface area contributed by atoms with Crippen molar-refractivity contribution < 1.29 is 4.74 Å². The number of anilines is 8. The molecule has 4 aliphatic heterocycles. The molecule has 0 unspecified atom stereocenters. The van der Waals surface area contributed by atoms with E-state index in [2.05, 4.69) is 106 Å². The number of piperidine rings is 4. The lowest BCUT2D eigenvalue weighted by atomic mass is 10.0. The highest BCUT2D eigenvalue weighted by atomic mass is 35.5. The van der Waals surface area contributed by atoms with E-state index >= 15 is 0 Å². The van der Waals surface area contributed by atoms with E-state index in [0.29, 0.717) is 54.7 Å². The van der Waals surface area contributed by atoms with Crippen molar-refractivity contribution in [2.75, 3.05) is 100 Å². The molecule has 8 N–H and O–H groups in total. The molecule has 16 rings (SSSR count). The van der Waals surface area contributed by atoms with Crippen LogP contribution in [0, 0.1) is 0 Å². The maximum absolute atomic E-state index is 6.21. The van der Waals surface area contributed by atoms with E-state index in [9.17, 15) is 0 Å². The van der Waals surface area contributed by atoms with Crippen LogP contribution in [-0.4, -0.2) is 124 Å². The second kappa shape index (κ2) is 39.6. The number of fused-ring (bicyclic) bond motifs is 4. The van der Waals surface area contributed by atoms with Crippen LogP contribution >= 0.6 is 118 Å². The lowest BCUT2D eigenvalue weighted by Crippen LogP contribution is -2.46. The van der Waals surface area contributed by atoms with Crippen LogP contribution in [0.25, 0.3) is 43.6 Å². The summed E-state index contributed by atoms with van der Waals surface area (Å²) in [6.07, 6.45) is 15.5. The summed E-state index contributed by atoms with van der Waals surface area (Å²) in [6.45, 7) is 7.62. The van der Waals surface area contributed by atoms with Crippen LogP contribution in [0.5, 0.6) is 5.75 Å². The highest BCUT2D eigenvalue weighted by Gasteiger charge is 2.27. The Labute approximate surface area is 704 Å². The number of nitrogens with one attached hydrogen (secondary N) is 8. The highest BCUT2D eigenvalue weighted by Crippen LogP contribution is 2.35. The Morgan fingerprint density at radius 2 is 0.625 bits per heavy atom. The molecule has 27 heteroatoms. The van der Waals surface area contributed by atoms with Gasteiger partial charge in [-0.15, -0.1) is 0 Å². The zero-order valence-corrected chi connectivity index (χ0v) is 69.2. The summed E-state index contributed by atoms with van der Waals surface area (Å²) in [5.74, 6) is 0.826. The molecule has 8 aromatic carbocycles. The Hall–Kier alpha value is -9.10. The molecule has 0 aliphatic carbocycles. The van der Waals surface area contributed by atoms with Gasteiger partial charge in [-0.3, -0.25) is 19.9 Å². The van der Waals surface area contributed by atoms with Gasteiger partial charge in [-0.2, -0.15) is 0 Å². The molecule has 0 spiro atoms. The van der Waals surface area contributed by atoms with E-state index in [-0.39, 0.29) is 0 Å². The van der Waals surface area contributed by atoms with E-state index < -0.39 is 0 Å². The van der Waals surface area contributed by atoms with Gasteiger partial charge in [0.2, 0.25) is 0 Å². The Kier molecular flexibility index (Phi) is 28.6. The third-order valence-corrected chi connectivity index (χ3v) is 22.4. The molecule has 4 saturated heterocycles. The Balaban J connectivity index is 0.000000131. The monoisotopic (exact) mass is 1680 g/mol. The average molecular weight is 1690 g/mol. The van der Waals surface area contributed by atoms with E-state index in [1.807, 2.05) is 201 Å². The number of halogens is 6. The first kappa shape index (κ1) is 80.9. The summed E-state index contributed by atoms with van der Waals surface area (Å²) in [7, 11) is 1.66. The number of benzene rings is 8. The molecular formula is C85H84Cl6N16OS4. The molecule has 0 saturated carbocycles. The number of hydrogen-bond acceptors (Lipinski definition) is 13. The maximum atomic E-state index is 6.21. The van der Waals surface area contributed by atoms with Crippen molar-refractivity contribution in [3.8, 4) is 5.75 Å². The van der Waals surface area contributed by atoms with Crippen LogP contribution in [0.1, 0.15) is 51.4 Å². The molecule has 12 aromatic rings. The molecular weight excluding hydrogens is 1600 g/mol. The molecule has 0 atom stereocenters. The fraction of sp³-hybridized carbons (Fsp3) is 0.247. The van der Waals surface area contributed by atoms with Crippen molar-refractivity contribution in [1.29, 1.82) is 0 Å². The Morgan fingerprint density at radius 3 is 0.964 bits per heavy atom. The van der Waals surface area contributed by atoms with Gasteiger partial charge in [0.15, 0.2) is 20.4 Å². The first-order valence-corrected chi connectivity index (χ1v) is 41.1. The van der Waals surface area contributed by atoms with Gasteiger partial charge in [-0.05, 0) is 264 Å². The Bertz CT molecular complexity index is 5240. The second-order valence-corrected chi connectivity index (χ2v) is 31.7. The van der Waals surface area contributed by atoms with Crippen molar-refractivity contribution in [3.05, 3.63) is 255 Å². The topological polar surface area (TPSA) is 170 Å². The predicted molar refractivity (Wildman–Crippen MR) is 488 cm³/mol. The third-order valence-electron chi connectivity index (χ3n) is 20.0. The standard InChI is InChI=1S/C22H23ClN4OS.2C21H20Cl2N4S.C21H21ClN4S/c1-28-18-5-3-16(4-6-18)25-22(29)26-17-9-12-27(13-10-17)21-8-11-24-20-7-2-15(23)14-19(20)21;22-14-2-1-3-17(12-14)26-21(28)25-16-7-10-27(11-8-16)20-6-9-24-19-5-4-15(23)13-18(19)20;22-14-5-6-18-16(13-14)20(7-10-24-18)27-11-8-15(9-12-27)25-21(28)26-19-4-2-1-3-17(19)23;22-15-6-7-19-18(14-15)20(8-11-23-19)26-12-9-17(10-13-26)25-21(27)24-16-4-2-1-3-5-16/h2-8,11,14,17H,9-10,12-13H2,1H3,(H2,25,26,29);1-6,9,12-13,16H,7-8,10-11H2,(H2,25,26,28);1-7,10,13,15H,8-9,11-12H2,(H2,25,26,28);1-8,11,14,17H,9-10,12-13H2,(H2,24,25,27). The summed E-state index contributed by atoms with van der Waals surface area (Å²) in [5, 5.41) is 37.8. The quantitative estimate of drug-likeness (QED) is 0.0513.